The van der Waals surface area contributed by atoms with Gasteiger partial charge in [0.1, 0.15) is 10.7 Å². The Bertz CT molecular complexity index is 382. The molecular weight excluding hydrogens is 310 g/mol. The largest absolute Gasteiger partial charge is 0.350 e. The zero-order valence-electron chi connectivity index (χ0n) is 9.76. The van der Waals surface area contributed by atoms with E-state index in [4.69, 9.17) is 5.73 Å². The van der Waals surface area contributed by atoms with E-state index >= 15 is 0 Å². The fraction of sp³-hybridized carbons (Fsp3) is 0.600. The van der Waals surface area contributed by atoms with Crippen LogP contribution in [0, 0.1) is 0 Å². The van der Waals surface area contributed by atoms with E-state index in [9.17, 15) is 4.79 Å². The van der Waals surface area contributed by atoms with Crippen LogP contribution in [0.25, 0.3) is 0 Å². The number of nitrogens with one attached hydrogen (secondary N) is 1. The Morgan fingerprint density at radius 3 is 3.00 bits per heavy atom. The molecule has 1 amide bonds. The Balaban J connectivity index is 0.00000162. The summed E-state index contributed by atoms with van der Waals surface area (Å²) in [6, 6.07) is 0. The van der Waals surface area contributed by atoms with Crippen LogP contribution in [0.3, 0.4) is 0 Å². The van der Waals surface area contributed by atoms with E-state index in [-0.39, 0.29) is 18.3 Å². The molecule has 1 aromatic heterocycles. The van der Waals surface area contributed by atoms with Crippen molar-refractivity contribution in [3.05, 3.63) is 16.1 Å². The van der Waals surface area contributed by atoms with Gasteiger partial charge in [0.2, 0.25) is 0 Å². The third-order valence-corrected chi connectivity index (χ3v) is 6.05. The Morgan fingerprint density at radius 1 is 1.56 bits per heavy atom. The minimum atomic E-state index is -0.0860. The highest BCUT2D eigenvalue weighted by Crippen LogP contribution is 2.23. The number of amides is 1. The van der Waals surface area contributed by atoms with Crippen LogP contribution in [-0.2, 0) is 6.54 Å². The topological polar surface area (TPSA) is 68.0 Å². The van der Waals surface area contributed by atoms with E-state index in [0.29, 0.717) is 17.5 Å². The normalized spacial score (nSPS) is 19.1. The highest BCUT2D eigenvalue weighted by molar-refractivity contribution is 8.06. The van der Waals surface area contributed by atoms with E-state index in [1.807, 2.05) is 23.5 Å². The standard InChI is InChI=1S/C10H15N3OS3.ClH/c11-3-9-13-8(6-17-9)10(14)12-4-7-5-15-1-2-16-7;/h6-7H,1-5,11H2,(H,12,14);1H. The number of halogens is 1. The summed E-state index contributed by atoms with van der Waals surface area (Å²) in [6.45, 7) is 1.12. The minimum absolute atomic E-state index is 0. The fourth-order valence-electron chi connectivity index (χ4n) is 1.46. The summed E-state index contributed by atoms with van der Waals surface area (Å²) in [5, 5.41) is 6.04. The van der Waals surface area contributed by atoms with Gasteiger partial charge in [-0.2, -0.15) is 23.5 Å². The van der Waals surface area contributed by atoms with Crippen LogP contribution in [0.2, 0.25) is 0 Å². The second kappa shape index (κ2) is 8.27. The van der Waals surface area contributed by atoms with E-state index in [1.54, 1.807) is 5.38 Å². The van der Waals surface area contributed by atoms with E-state index in [1.165, 1.54) is 22.8 Å². The zero-order valence-corrected chi connectivity index (χ0v) is 13.0. The Labute approximate surface area is 125 Å². The molecule has 1 fully saturated rings. The van der Waals surface area contributed by atoms with Crippen LogP contribution in [0.15, 0.2) is 5.38 Å². The molecule has 0 aliphatic carbocycles. The van der Waals surface area contributed by atoms with E-state index in [0.717, 1.165) is 17.3 Å². The molecule has 18 heavy (non-hydrogen) atoms. The molecule has 2 rings (SSSR count). The molecule has 1 aromatic rings. The maximum absolute atomic E-state index is 11.8. The Hall–Kier alpha value is 0.0500. The third-order valence-electron chi connectivity index (χ3n) is 2.33. The number of thioether (sulfide) groups is 2. The highest BCUT2D eigenvalue weighted by Gasteiger charge is 2.16. The highest BCUT2D eigenvalue weighted by atomic mass is 35.5. The zero-order chi connectivity index (χ0) is 12.1. The molecule has 0 saturated carbocycles. The maximum atomic E-state index is 11.8. The van der Waals surface area contributed by atoms with E-state index < -0.39 is 0 Å². The van der Waals surface area contributed by atoms with Gasteiger partial charge in [-0.1, -0.05) is 0 Å². The van der Waals surface area contributed by atoms with Gasteiger partial charge in [-0.05, 0) is 0 Å². The predicted octanol–water partition coefficient (Wildman–Crippen LogP) is 1.60. The van der Waals surface area contributed by atoms with Gasteiger partial charge >= 0.3 is 0 Å². The molecule has 1 aliphatic rings. The van der Waals surface area contributed by atoms with Gasteiger partial charge in [0, 0.05) is 41.0 Å². The number of thiazole rings is 1. The van der Waals surface area contributed by atoms with Crippen LogP contribution in [0.5, 0.6) is 0 Å². The van der Waals surface area contributed by atoms with Gasteiger partial charge in [-0.15, -0.1) is 23.7 Å². The van der Waals surface area contributed by atoms with Gasteiger partial charge in [-0.25, -0.2) is 4.98 Å². The van der Waals surface area contributed by atoms with Gasteiger partial charge < -0.3 is 11.1 Å². The third kappa shape index (κ3) is 4.62. The quantitative estimate of drug-likeness (QED) is 0.880. The van der Waals surface area contributed by atoms with Crippen molar-refractivity contribution in [1.29, 1.82) is 0 Å². The van der Waals surface area contributed by atoms with Crippen LogP contribution in [-0.4, -0.2) is 39.9 Å². The van der Waals surface area contributed by atoms with Crippen molar-refractivity contribution in [2.24, 2.45) is 5.73 Å². The molecule has 1 aliphatic heterocycles. The molecule has 8 heteroatoms. The summed E-state index contributed by atoms with van der Waals surface area (Å²) in [7, 11) is 0. The Kier molecular flexibility index (Phi) is 7.40. The number of hydrogen-bond acceptors (Lipinski definition) is 6. The number of aromatic nitrogens is 1. The van der Waals surface area contributed by atoms with Crippen LogP contribution < -0.4 is 11.1 Å². The first kappa shape index (κ1) is 16.1. The molecule has 1 saturated heterocycles. The lowest BCUT2D eigenvalue weighted by Gasteiger charge is -2.20. The van der Waals surface area contributed by atoms with Gasteiger partial charge in [0.15, 0.2) is 0 Å². The lowest BCUT2D eigenvalue weighted by Crippen LogP contribution is -2.33. The molecular formula is C10H16ClN3OS3. The van der Waals surface area contributed by atoms with Gasteiger partial charge in [0.05, 0.1) is 0 Å². The van der Waals surface area contributed by atoms with Crippen LogP contribution in [0.4, 0.5) is 0 Å². The van der Waals surface area contributed by atoms with Crippen LogP contribution in [0.1, 0.15) is 15.5 Å². The second-order valence-corrected chi connectivity index (χ2v) is 7.11. The molecule has 0 radical (unpaired) electrons. The summed E-state index contributed by atoms with van der Waals surface area (Å²) in [5.41, 5.74) is 5.95. The average Bonchev–Trinajstić information content (AvgIpc) is 2.86. The monoisotopic (exact) mass is 325 g/mol. The van der Waals surface area contributed by atoms with Crippen molar-refractivity contribution in [2.45, 2.75) is 11.8 Å². The molecule has 1 atom stereocenters. The lowest BCUT2D eigenvalue weighted by molar-refractivity contribution is 0.0950. The smallest absolute Gasteiger partial charge is 0.270 e. The first-order chi connectivity index (χ1) is 8.29. The predicted molar refractivity (Wildman–Crippen MR) is 83.2 cm³/mol. The molecule has 0 spiro atoms. The molecule has 2 heterocycles. The SMILES string of the molecule is Cl.NCc1nc(C(=O)NCC2CSCCS2)cs1. The summed E-state index contributed by atoms with van der Waals surface area (Å²) >= 11 is 5.33. The summed E-state index contributed by atoms with van der Waals surface area (Å²) < 4.78 is 0. The van der Waals surface area contributed by atoms with Crippen LogP contribution >= 0.6 is 47.3 Å². The number of nitrogens with zero attached hydrogens (tertiary/aromatic N) is 1. The molecule has 0 bridgehead atoms. The van der Waals surface area contributed by atoms with Crippen molar-refractivity contribution < 1.29 is 4.79 Å². The number of hydrogen-bond donors (Lipinski definition) is 2. The number of nitrogens with two attached hydrogens (primary N) is 1. The average molecular weight is 326 g/mol. The lowest BCUT2D eigenvalue weighted by atomic mass is 10.4. The second-order valence-electron chi connectivity index (χ2n) is 3.61. The Morgan fingerprint density at radius 2 is 2.39 bits per heavy atom. The minimum Gasteiger partial charge on any atom is -0.350 e. The number of rotatable bonds is 4. The summed E-state index contributed by atoms with van der Waals surface area (Å²) in [6.07, 6.45) is 0. The number of carbonyl (C=O) groups is 1. The van der Waals surface area contributed by atoms with Crippen molar-refractivity contribution >= 4 is 53.2 Å². The maximum Gasteiger partial charge on any atom is 0.270 e. The van der Waals surface area contributed by atoms with Gasteiger partial charge in [-0.3, -0.25) is 4.79 Å². The van der Waals surface area contributed by atoms with Gasteiger partial charge in [0.25, 0.3) is 5.91 Å². The molecule has 102 valence electrons. The van der Waals surface area contributed by atoms with E-state index in [2.05, 4.69) is 10.3 Å². The van der Waals surface area contributed by atoms with Crippen molar-refractivity contribution in [2.75, 3.05) is 23.8 Å². The fourth-order valence-corrected chi connectivity index (χ4v) is 4.73. The van der Waals surface area contributed by atoms with Crippen molar-refractivity contribution in [3.63, 3.8) is 0 Å². The molecule has 3 N–H and O–H groups in total. The molecule has 4 nitrogen and oxygen atoms in total. The molecule has 1 unspecified atom stereocenters. The first-order valence-corrected chi connectivity index (χ1v) is 8.50. The van der Waals surface area contributed by atoms with Crippen molar-refractivity contribution in [3.8, 4) is 0 Å². The number of carbonyl (C=O) groups excluding carboxylic acids is 1. The first-order valence-electron chi connectivity index (χ1n) is 5.41. The summed E-state index contributed by atoms with van der Waals surface area (Å²) in [5.74, 6) is 3.44. The summed E-state index contributed by atoms with van der Waals surface area (Å²) in [4.78, 5) is 16.0. The molecule has 0 aromatic carbocycles. The van der Waals surface area contributed by atoms with Crippen molar-refractivity contribution in [1.82, 2.24) is 10.3 Å².